The van der Waals surface area contributed by atoms with E-state index in [2.05, 4.69) is 26.3 Å². The van der Waals surface area contributed by atoms with Gasteiger partial charge in [-0.25, -0.2) is 54.2 Å². The van der Waals surface area contributed by atoms with Crippen LogP contribution in [0.4, 0.5) is 0 Å². The Labute approximate surface area is 341 Å². The van der Waals surface area contributed by atoms with Gasteiger partial charge < -0.3 is 18.9 Å². The Bertz CT molecular complexity index is 1320. The highest BCUT2D eigenvalue weighted by Gasteiger charge is 2.35. The third-order valence-corrected chi connectivity index (χ3v) is 14.8. The lowest BCUT2D eigenvalue weighted by atomic mass is 10.0. The molecule has 16 nitrogen and oxygen atoms in total. The molecule has 0 aromatic rings. The van der Waals surface area contributed by atoms with Gasteiger partial charge in [0.15, 0.2) is 0 Å². The second-order valence-corrected chi connectivity index (χ2v) is 21.3. The molecule has 0 heterocycles. The maximum Gasteiger partial charge on any atom is 0.214 e. The lowest BCUT2D eigenvalue weighted by Gasteiger charge is -2.26. The van der Waals surface area contributed by atoms with Crippen LogP contribution in [0.3, 0.4) is 0 Å². The van der Waals surface area contributed by atoms with Crippen LogP contribution >= 0.6 is 0 Å². The summed E-state index contributed by atoms with van der Waals surface area (Å²) in [5.41, 5.74) is 0. The summed E-state index contributed by atoms with van der Waals surface area (Å²) >= 11 is 0. The minimum atomic E-state index is -3.57. The molecule has 0 aliphatic heterocycles. The van der Waals surface area contributed by atoms with E-state index in [0.717, 1.165) is 0 Å². The van der Waals surface area contributed by atoms with Gasteiger partial charge >= 0.3 is 0 Å². The normalized spacial score (nSPS) is 16.6. The van der Waals surface area contributed by atoms with E-state index < -0.39 is 85.5 Å². The third kappa shape index (κ3) is 25.0. The lowest BCUT2D eigenvalue weighted by molar-refractivity contribution is 0.0897. The second-order valence-electron chi connectivity index (χ2n) is 14.4. The Morgan fingerprint density at radius 2 is 0.500 bits per heavy atom. The standard InChI is InChI=1S/4C9H19NO3S/c4*1-5-6-8(13-4)9(7(2)3)14(10,11)12/h4*5,7-9H,1,6H2,2-4H3,(H2,10,11,12)/t2*8-,9+;2*8-,9-/m1010/s1. The molecule has 0 rings (SSSR count). The highest BCUT2D eigenvalue weighted by molar-refractivity contribution is 7.90. The average Bonchev–Trinajstić information content (AvgIpc) is 3.01. The maximum atomic E-state index is 11.3. The molecule has 56 heavy (non-hydrogen) atoms. The summed E-state index contributed by atoms with van der Waals surface area (Å²) in [5.74, 6) is -0.297. The zero-order chi connectivity index (χ0) is 45.4. The van der Waals surface area contributed by atoms with Crippen LogP contribution in [0, 0.1) is 23.7 Å². The first-order valence-corrected chi connectivity index (χ1v) is 24.4. The monoisotopic (exact) mass is 884 g/mol. The van der Waals surface area contributed by atoms with Crippen LogP contribution in [0.5, 0.6) is 0 Å². The van der Waals surface area contributed by atoms with Gasteiger partial charge in [-0.15, -0.1) is 26.3 Å². The summed E-state index contributed by atoms with van der Waals surface area (Å²) in [6.07, 6.45) is 6.80. The van der Waals surface area contributed by atoms with Crippen LogP contribution in [-0.2, 0) is 59.0 Å². The van der Waals surface area contributed by atoms with Gasteiger partial charge in [0.25, 0.3) is 0 Å². The Morgan fingerprint density at radius 3 is 0.554 bits per heavy atom. The number of rotatable bonds is 24. The smallest absolute Gasteiger partial charge is 0.214 e. The highest BCUT2D eigenvalue weighted by Crippen LogP contribution is 2.22. The molecule has 0 spiro atoms. The van der Waals surface area contributed by atoms with E-state index in [0.29, 0.717) is 25.7 Å². The van der Waals surface area contributed by atoms with Crippen LogP contribution < -0.4 is 20.6 Å². The molecule has 0 saturated heterocycles. The van der Waals surface area contributed by atoms with Crippen LogP contribution in [0.25, 0.3) is 0 Å². The molecule has 20 heteroatoms. The molecule has 0 bridgehead atoms. The average molecular weight is 885 g/mol. The van der Waals surface area contributed by atoms with Gasteiger partial charge in [0.2, 0.25) is 40.1 Å². The summed E-state index contributed by atoms with van der Waals surface area (Å²) in [6.45, 7) is 28.7. The van der Waals surface area contributed by atoms with Gasteiger partial charge in [-0.2, -0.15) is 0 Å². The molecule has 0 aromatic carbocycles. The summed E-state index contributed by atoms with van der Waals surface area (Å²) in [7, 11) is -8.36. The van der Waals surface area contributed by atoms with Crippen molar-refractivity contribution in [2.45, 2.75) is 126 Å². The Hall–Kier alpha value is -1.56. The molecule has 0 aliphatic rings. The van der Waals surface area contributed by atoms with Crippen molar-refractivity contribution in [1.82, 2.24) is 0 Å². The predicted molar refractivity (Wildman–Crippen MR) is 229 cm³/mol. The molecule has 336 valence electrons. The van der Waals surface area contributed by atoms with Crippen LogP contribution in [0.2, 0.25) is 0 Å². The van der Waals surface area contributed by atoms with E-state index in [4.69, 9.17) is 39.5 Å². The van der Waals surface area contributed by atoms with Crippen molar-refractivity contribution in [1.29, 1.82) is 0 Å². The number of ether oxygens (including phenoxy) is 4. The topological polar surface area (TPSA) is 278 Å². The van der Waals surface area contributed by atoms with Crippen molar-refractivity contribution in [3.8, 4) is 0 Å². The molecular formula is C36H76N4O12S4. The number of primary sulfonamides is 4. The minimum absolute atomic E-state index is 0.0742. The Morgan fingerprint density at radius 1 is 0.375 bits per heavy atom. The van der Waals surface area contributed by atoms with Crippen molar-refractivity contribution in [2.75, 3.05) is 28.4 Å². The molecular weight excluding hydrogens is 809 g/mol. The third-order valence-electron chi connectivity index (χ3n) is 8.42. The Kier molecular flexibility index (Phi) is 32.3. The van der Waals surface area contributed by atoms with E-state index in [1.165, 1.54) is 28.4 Å². The number of hydrogen-bond donors (Lipinski definition) is 4. The van der Waals surface area contributed by atoms with Crippen molar-refractivity contribution in [2.24, 2.45) is 44.2 Å². The molecule has 8 atom stereocenters. The number of nitrogens with two attached hydrogens (primary N) is 4. The molecule has 0 aliphatic carbocycles. The van der Waals surface area contributed by atoms with Crippen LogP contribution in [0.1, 0.15) is 81.1 Å². The fraction of sp³-hybridized carbons (Fsp3) is 0.778. The first-order valence-electron chi connectivity index (χ1n) is 18.0. The van der Waals surface area contributed by atoms with E-state index in [-0.39, 0.29) is 23.7 Å². The molecule has 8 N–H and O–H groups in total. The largest absolute Gasteiger partial charge is 0.380 e. The maximum absolute atomic E-state index is 11.3. The minimum Gasteiger partial charge on any atom is -0.380 e. The summed E-state index contributed by atoms with van der Waals surface area (Å²) < 4.78 is 111. The fourth-order valence-electron chi connectivity index (χ4n) is 6.20. The van der Waals surface area contributed by atoms with E-state index in [9.17, 15) is 33.7 Å². The predicted octanol–water partition coefficient (Wildman–Crippen LogP) is 3.56. The number of methoxy groups -OCH3 is 4. The SMILES string of the molecule is C=CC[C@@H](OC)[C@@H](C(C)C)S(N)(=O)=O.C=CC[C@@H](OC)[C@H](C(C)C)S(N)(=O)=O.C=CC[C@H](OC)[C@@H](C(C)C)S(N)(=O)=O.C=CC[C@H](OC)[C@H](C(C)C)S(N)(=O)=O. The van der Waals surface area contributed by atoms with Gasteiger partial charge in [0.05, 0.1) is 24.4 Å². The van der Waals surface area contributed by atoms with Gasteiger partial charge in [-0.1, -0.05) is 79.7 Å². The first kappa shape index (κ1) is 61.1. The quantitative estimate of drug-likeness (QED) is 0.101. The molecule has 0 radical (unpaired) electrons. The molecule has 0 aromatic heterocycles. The van der Waals surface area contributed by atoms with Crippen molar-refractivity contribution < 1.29 is 52.6 Å². The van der Waals surface area contributed by atoms with Gasteiger partial charge in [0.1, 0.15) is 21.0 Å². The highest BCUT2D eigenvalue weighted by atomic mass is 32.2. The van der Waals surface area contributed by atoms with Crippen molar-refractivity contribution in [3.05, 3.63) is 50.6 Å². The second kappa shape index (κ2) is 29.6. The van der Waals surface area contributed by atoms with Crippen molar-refractivity contribution >= 4 is 40.1 Å². The van der Waals surface area contributed by atoms with Gasteiger partial charge in [-0.05, 0) is 49.4 Å². The molecule has 0 fully saturated rings. The summed E-state index contributed by atoms with van der Waals surface area (Å²) in [6, 6.07) is 0. The fourth-order valence-corrected chi connectivity index (χ4v) is 11.8. The summed E-state index contributed by atoms with van der Waals surface area (Å²) in [5, 5.41) is 17.9. The van der Waals surface area contributed by atoms with Gasteiger partial charge in [-0.3, -0.25) is 0 Å². The van der Waals surface area contributed by atoms with Crippen molar-refractivity contribution in [3.63, 3.8) is 0 Å². The molecule has 0 unspecified atom stereocenters. The number of hydrogen-bond acceptors (Lipinski definition) is 12. The zero-order valence-electron chi connectivity index (χ0n) is 35.7. The van der Waals surface area contributed by atoms with Crippen LogP contribution in [0.15, 0.2) is 50.6 Å². The Balaban J connectivity index is -0.000000322. The van der Waals surface area contributed by atoms with E-state index in [1.807, 2.05) is 55.4 Å². The summed E-state index contributed by atoms with van der Waals surface area (Å²) in [4.78, 5) is 0. The molecule has 0 amide bonds. The molecule has 0 saturated carbocycles. The lowest BCUT2D eigenvalue weighted by Crippen LogP contribution is -2.43. The van der Waals surface area contributed by atoms with E-state index in [1.54, 1.807) is 24.3 Å². The van der Waals surface area contributed by atoms with Gasteiger partial charge in [0, 0.05) is 28.4 Å². The zero-order valence-corrected chi connectivity index (χ0v) is 39.0. The van der Waals surface area contributed by atoms with E-state index >= 15 is 0 Å². The first-order chi connectivity index (χ1) is 25.4. The van der Waals surface area contributed by atoms with Crippen LogP contribution in [-0.4, -0.2) is 108 Å². The number of sulfonamides is 4.